The van der Waals surface area contributed by atoms with Gasteiger partial charge in [0, 0.05) is 19.1 Å². The Kier molecular flexibility index (Phi) is 4.72. The highest BCUT2D eigenvalue weighted by Crippen LogP contribution is 2.42. The van der Waals surface area contributed by atoms with E-state index in [0.717, 1.165) is 30.9 Å². The van der Waals surface area contributed by atoms with Crippen molar-refractivity contribution in [2.24, 2.45) is 0 Å². The monoisotopic (exact) mass is 298 g/mol. The van der Waals surface area contributed by atoms with Crippen molar-refractivity contribution in [1.29, 1.82) is 0 Å². The smallest absolute Gasteiger partial charge is 0.263 e. The zero-order valence-corrected chi connectivity index (χ0v) is 13.0. The fraction of sp³-hybridized carbons (Fsp3) is 0.615. The van der Waals surface area contributed by atoms with Gasteiger partial charge in [-0.1, -0.05) is 0 Å². The summed E-state index contributed by atoms with van der Waals surface area (Å²) in [5, 5.41) is 7.04. The van der Waals surface area contributed by atoms with Crippen LogP contribution < -0.4 is 21.1 Å². The first-order chi connectivity index (χ1) is 9.52. The van der Waals surface area contributed by atoms with Crippen LogP contribution in [0, 0.1) is 0 Å². The van der Waals surface area contributed by atoms with Gasteiger partial charge in [0.2, 0.25) is 0 Å². The van der Waals surface area contributed by atoms with Crippen molar-refractivity contribution in [2.45, 2.75) is 18.9 Å². The Morgan fingerprint density at radius 1 is 1.50 bits per heavy atom. The van der Waals surface area contributed by atoms with Gasteiger partial charge in [0.1, 0.15) is 15.6 Å². The van der Waals surface area contributed by atoms with Crippen molar-refractivity contribution in [2.75, 3.05) is 45.3 Å². The first-order valence-electron chi connectivity index (χ1n) is 6.68. The predicted molar refractivity (Wildman–Crippen MR) is 82.8 cm³/mol. The Hall–Kier alpha value is -1.47. The molecule has 0 unspecified atom stereocenters. The van der Waals surface area contributed by atoms with Gasteiger partial charge in [0.25, 0.3) is 5.91 Å². The molecule has 0 spiro atoms. The second-order valence-electron chi connectivity index (χ2n) is 5.19. The normalized spacial score (nSPS) is 14.4. The lowest BCUT2D eigenvalue weighted by Gasteiger charge is -2.11. The van der Waals surface area contributed by atoms with Crippen molar-refractivity contribution in [1.82, 2.24) is 10.2 Å². The number of carbonyl (C=O) groups is 1. The third-order valence-corrected chi connectivity index (χ3v) is 4.21. The number of likely N-dealkylation sites (N-methyl/N-ethyl adjacent to an activating group) is 1. The molecule has 1 aliphatic carbocycles. The molecule has 1 fully saturated rings. The number of amides is 1. The summed E-state index contributed by atoms with van der Waals surface area (Å²) in [5.41, 5.74) is 6.44. The maximum absolute atomic E-state index is 12.1. The molecule has 6 nitrogen and oxygen atoms in total. The van der Waals surface area contributed by atoms with Crippen LogP contribution in [0.3, 0.4) is 0 Å². The van der Waals surface area contributed by atoms with Gasteiger partial charge >= 0.3 is 0 Å². The van der Waals surface area contributed by atoms with Gasteiger partial charge in [-0.3, -0.25) is 4.79 Å². The Balaban J connectivity index is 2.08. The maximum atomic E-state index is 12.1. The van der Waals surface area contributed by atoms with Crippen molar-refractivity contribution >= 4 is 27.9 Å². The van der Waals surface area contributed by atoms with Crippen LogP contribution in [-0.2, 0) is 0 Å². The molecule has 1 heterocycles. The van der Waals surface area contributed by atoms with E-state index in [-0.39, 0.29) is 5.91 Å². The molecule has 20 heavy (non-hydrogen) atoms. The minimum Gasteiger partial charge on any atom is -0.492 e. The number of nitrogens with one attached hydrogen (secondary N) is 2. The molecule has 112 valence electrons. The van der Waals surface area contributed by atoms with Crippen LogP contribution in [0.1, 0.15) is 22.5 Å². The molecule has 7 heteroatoms. The Morgan fingerprint density at radius 3 is 2.75 bits per heavy atom. The molecule has 0 atom stereocenters. The van der Waals surface area contributed by atoms with E-state index in [4.69, 9.17) is 10.5 Å². The van der Waals surface area contributed by atoms with E-state index in [1.54, 1.807) is 7.11 Å². The summed E-state index contributed by atoms with van der Waals surface area (Å²) in [4.78, 5) is 14.7. The van der Waals surface area contributed by atoms with Gasteiger partial charge in [-0.2, -0.15) is 0 Å². The molecule has 0 bridgehead atoms. The predicted octanol–water partition coefficient (Wildman–Crippen LogP) is 1.20. The lowest BCUT2D eigenvalue weighted by molar-refractivity contribution is 0.0956. The maximum Gasteiger partial charge on any atom is 0.263 e. The largest absolute Gasteiger partial charge is 0.492 e. The summed E-state index contributed by atoms with van der Waals surface area (Å²) in [7, 11) is 5.59. The SMILES string of the molecule is COc1c(NCCN(C)C)sc(C(=O)NC2CC2)c1N. The Bertz CT molecular complexity index is 483. The molecule has 4 N–H and O–H groups in total. The van der Waals surface area contributed by atoms with E-state index in [0.29, 0.717) is 22.4 Å². The molecular formula is C13H22N4O2S. The van der Waals surface area contributed by atoms with E-state index < -0.39 is 0 Å². The average Bonchev–Trinajstić information content (AvgIpc) is 3.13. The highest BCUT2D eigenvalue weighted by molar-refractivity contribution is 7.19. The van der Waals surface area contributed by atoms with Gasteiger partial charge < -0.3 is 26.0 Å². The summed E-state index contributed by atoms with van der Waals surface area (Å²) < 4.78 is 5.31. The van der Waals surface area contributed by atoms with E-state index in [1.807, 2.05) is 14.1 Å². The number of ether oxygens (including phenoxy) is 1. The number of hydrogen-bond donors (Lipinski definition) is 3. The van der Waals surface area contributed by atoms with Crippen LogP contribution >= 0.6 is 11.3 Å². The highest BCUT2D eigenvalue weighted by atomic mass is 32.1. The number of nitrogens with zero attached hydrogens (tertiary/aromatic N) is 1. The zero-order chi connectivity index (χ0) is 14.7. The van der Waals surface area contributed by atoms with Crippen LogP contribution in [0.2, 0.25) is 0 Å². The number of hydrogen-bond acceptors (Lipinski definition) is 6. The molecule has 1 amide bonds. The number of methoxy groups -OCH3 is 1. The van der Waals surface area contributed by atoms with Crippen molar-refractivity contribution in [3.05, 3.63) is 4.88 Å². The van der Waals surface area contributed by atoms with E-state index in [1.165, 1.54) is 11.3 Å². The molecule has 1 aromatic heterocycles. The number of carbonyl (C=O) groups excluding carboxylic acids is 1. The fourth-order valence-electron chi connectivity index (χ4n) is 1.79. The summed E-state index contributed by atoms with van der Waals surface area (Å²) in [5.74, 6) is 0.462. The van der Waals surface area contributed by atoms with E-state index in [2.05, 4.69) is 15.5 Å². The van der Waals surface area contributed by atoms with Crippen LogP contribution in [0.15, 0.2) is 0 Å². The molecular weight excluding hydrogens is 276 g/mol. The Morgan fingerprint density at radius 2 is 2.20 bits per heavy atom. The van der Waals surface area contributed by atoms with Gasteiger partial charge in [0.15, 0.2) is 5.75 Å². The average molecular weight is 298 g/mol. The quantitative estimate of drug-likeness (QED) is 0.705. The molecule has 0 saturated heterocycles. The highest BCUT2D eigenvalue weighted by Gasteiger charge is 2.27. The molecule has 1 aromatic rings. The minimum atomic E-state index is -0.103. The zero-order valence-electron chi connectivity index (χ0n) is 12.2. The summed E-state index contributed by atoms with van der Waals surface area (Å²) in [6.07, 6.45) is 2.12. The molecule has 1 saturated carbocycles. The molecule has 0 aliphatic heterocycles. The lowest BCUT2D eigenvalue weighted by Crippen LogP contribution is -2.25. The van der Waals surface area contributed by atoms with Gasteiger partial charge in [0.05, 0.1) is 7.11 Å². The molecule has 1 aliphatic rings. The number of rotatable bonds is 7. The third kappa shape index (κ3) is 3.55. The standard InChI is InChI=1S/C13H22N4O2S/c1-17(2)7-6-15-13-10(19-3)9(14)11(20-13)12(18)16-8-4-5-8/h8,15H,4-7,14H2,1-3H3,(H,16,18). The first-order valence-corrected chi connectivity index (χ1v) is 7.50. The van der Waals surface area contributed by atoms with Gasteiger partial charge in [-0.25, -0.2) is 0 Å². The molecule has 0 radical (unpaired) electrons. The van der Waals surface area contributed by atoms with Gasteiger partial charge in [-0.15, -0.1) is 11.3 Å². The van der Waals surface area contributed by atoms with Crippen molar-refractivity contribution in [3.8, 4) is 5.75 Å². The Labute approximate surface area is 123 Å². The van der Waals surface area contributed by atoms with Crippen LogP contribution in [0.25, 0.3) is 0 Å². The first kappa shape index (κ1) is 14.9. The van der Waals surface area contributed by atoms with E-state index >= 15 is 0 Å². The van der Waals surface area contributed by atoms with Crippen LogP contribution in [0.4, 0.5) is 10.7 Å². The molecule has 2 rings (SSSR count). The number of nitrogens with two attached hydrogens (primary N) is 1. The minimum absolute atomic E-state index is 0.103. The fourth-order valence-corrected chi connectivity index (χ4v) is 2.81. The van der Waals surface area contributed by atoms with Gasteiger partial charge in [-0.05, 0) is 26.9 Å². The third-order valence-electron chi connectivity index (χ3n) is 3.07. The topological polar surface area (TPSA) is 79.6 Å². The van der Waals surface area contributed by atoms with Crippen LogP contribution in [-0.4, -0.2) is 51.1 Å². The lowest BCUT2D eigenvalue weighted by atomic mass is 10.3. The van der Waals surface area contributed by atoms with Crippen LogP contribution in [0.5, 0.6) is 5.75 Å². The second-order valence-corrected chi connectivity index (χ2v) is 6.21. The van der Waals surface area contributed by atoms with E-state index in [9.17, 15) is 4.79 Å². The summed E-state index contributed by atoms with van der Waals surface area (Å²) >= 11 is 1.35. The van der Waals surface area contributed by atoms with Crippen molar-refractivity contribution in [3.63, 3.8) is 0 Å². The molecule has 0 aromatic carbocycles. The number of anilines is 2. The summed E-state index contributed by atoms with van der Waals surface area (Å²) in [6, 6.07) is 0.320. The van der Waals surface area contributed by atoms with Crippen molar-refractivity contribution < 1.29 is 9.53 Å². The summed E-state index contributed by atoms with van der Waals surface area (Å²) in [6.45, 7) is 1.66. The number of nitrogen functional groups attached to an aromatic ring is 1. The number of thiophene rings is 1. The second kappa shape index (κ2) is 6.32.